The van der Waals surface area contributed by atoms with Crippen LogP contribution < -0.4 is 0 Å². The van der Waals surface area contributed by atoms with E-state index >= 15 is 0 Å². The number of hydrogen-bond acceptors (Lipinski definition) is 8. The second-order valence-electron chi connectivity index (χ2n) is 37.0. The molecule has 8 heterocycles. The van der Waals surface area contributed by atoms with Gasteiger partial charge in [0.1, 0.15) is 11.2 Å². The zero-order valence-corrected chi connectivity index (χ0v) is 77.5. The van der Waals surface area contributed by atoms with Crippen molar-refractivity contribution in [3.8, 4) is 124 Å². The molecule has 0 bridgehead atoms. The number of aromatic nitrogens is 10. The lowest BCUT2D eigenvalue weighted by Gasteiger charge is -2.15. The molecule has 0 radical (unpaired) electrons. The monoisotopic (exact) mass is 1840 g/mol. The van der Waals surface area contributed by atoms with Crippen molar-refractivity contribution in [1.29, 1.82) is 0 Å². The zero-order valence-electron chi connectivity index (χ0n) is 77.5. The minimum absolute atomic E-state index is 0.627. The summed E-state index contributed by atoms with van der Waals surface area (Å²) in [7, 11) is 0. The molecule has 0 unspecified atom stereocenters. The van der Waals surface area contributed by atoms with Gasteiger partial charge in [-0.25, -0.2) is 29.9 Å². The van der Waals surface area contributed by atoms with Crippen LogP contribution in [0.2, 0.25) is 0 Å². The van der Waals surface area contributed by atoms with Crippen molar-refractivity contribution in [2.45, 2.75) is 0 Å². The topological polar surface area (TPSA) is 123 Å². The smallest absolute Gasteiger partial charge is 0.164 e. The largest absolute Gasteiger partial charge is 0.453 e. The Morgan fingerprint density at radius 3 is 0.799 bits per heavy atom. The van der Waals surface area contributed by atoms with Crippen molar-refractivity contribution in [3.05, 3.63) is 485 Å². The minimum Gasteiger partial charge on any atom is -0.453 e. The van der Waals surface area contributed by atoms with Gasteiger partial charge in [-0.3, -0.25) is 0 Å². The fourth-order valence-electron chi connectivity index (χ4n) is 22.3. The van der Waals surface area contributed by atoms with Crippen molar-refractivity contribution >= 4 is 163 Å². The Kier molecular flexibility index (Phi) is 18.8. The summed E-state index contributed by atoms with van der Waals surface area (Å²) in [6.07, 6.45) is 0. The SMILES string of the molecule is c1ccc(-c2nc(-c3ccccc3)nc(-c3ccc(-c4ccc(-n5c6ccccc6c6cc(-c7cccc8c7oc7c8ccc8c9ccccc9n(-c9ccccc9)c87)ccc65)cc4)cc3)n2)cc1.c1ccc(-c2nc(-c3ccccc3)nc(-c3ccc4c5ccccc5c5ccc(-n6c7ccccc7c7cc(-c8cccc9c8oc8c9ccc9c%10ccccc%10n(-c%10ccccc%10)c98)ccc76)cc5c4c3)n2)cc1. The molecule has 0 saturated heterocycles. The lowest BCUT2D eigenvalue weighted by molar-refractivity contribution is 0.672. The van der Waals surface area contributed by atoms with E-state index in [0.717, 1.165) is 188 Å². The van der Waals surface area contributed by atoms with Gasteiger partial charge in [-0.05, 0) is 170 Å². The van der Waals surface area contributed by atoms with Crippen molar-refractivity contribution in [3.63, 3.8) is 0 Å². The maximum absolute atomic E-state index is 7.18. The highest BCUT2D eigenvalue weighted by atomic mass is 16.3. The molecule has 0 aliphatic rings. The zero-order chi connectivity index (χ0) is 94.6. The third-order valence-corrected chi connectivity index (χ3v) is 28.9. The number of fused-ring (bicyclic) bond motifs is 26. The molecule has 0 N–H and O–H groups in total. The summed E-state index contributed by atoms with van der Waals surface area (Å²) in [6.45, 7) is 0. The van der Waals surface area contributed by atoms with E-state index in [1.807, 2.05) is 97.1 Å². The van der Waals surface area contributed by atoms with Gasteiger partial charge >= 0.3 is 0 Å². The number of furan rings is 2. The van der Waals surface area contributed by atoms with Crippen LogP contribution in [0.25, 0.3) is 288 Å². The molecule has 12 nitrogen and oxygen atoms in total. The molecule has 0 fully saturated rings. The molecule has 12 heteroatoms. The normalized spacial score (nSPS) is 11.9. The summed E-state index contributed by atoms with van der Waals surface area (Å²) in [4.78, 5) is 30.0. The number of nitrogens with zero attached hydrogens (tertiary/aromatic N) is 10. The fourth-order valence-corrected chi connectivity index (χ4v) is 22.3. The van der Waals surface area contributed by atoms with Gasteiger partial charge in [0.15, 0.2) is 46.1 Å². The van der Waals surface area contributed by atoms with E-state index in [2.05, 4.69) is 407 Å². The van der Waals surface area contributed by atoms with E-state index in [-0.39, 0.29) is 0 Å². The van der Waals surface area contributed by atoms with Gasteiger partial charge in [0.25, 0.3) is 0 Å². The van der Waals surface area contributed by atoms with E-state index < -0.39 is 0 Å². The third kappa shape index (κ3) is 13.2. The van der Waals surface area contributed by atoms with Gasteiger partial charge in [-0.15, -0.1) is 0 Å². The maximum atomic E-state index is 7.18. The predicted octanol–water partition coefficient (Wildman–Crippen LogP) is 34.4. The first kappa shape index (κ1) is 81.6. The average molecular weight is 1840 g/mol. The van der Waals surface area contributed by atoms with E-state index in [1.165, 1.54) is 64.6 Å². The van der Waals surface area contributed by atoms with Crippen LogP contribution in [0, 0.1) is 0 Å². The molecule has 670 valence electrons. The molecule has 22 aromatic carbocycles. The Balaban J connectivity index is 0.000000137. The highest BCUT2D eigenvalue weighted by molar-refractivity contribution is 6.28. The van der Waals surface area contributed by atoms with Gasteiger partial charge in [-0.1, -0.05) is 370 Å². The van der Waals surface area contributed by atoms with Gasteiger partial charge < -0.3 is 27.1 Å². The molecule has 144 heavy (non-hydrogen) atoms. The molecule has 8 aromatic heterocycles. The Morgan fingerprint density at radius 2 is 0.382 bits per heavy atom. The number of benzene rings is 22. The Morgan fingerprint density at radius 1 is 0.132 bits per heavy atom. The third-order valence-electron chi connectivity index (χ3n) is 28.9. The summed E-state index contributed by atoms with van der Waals surface area (Å²) < 4.78 is 23.8. The first-order valence-electron chi connectivity index (χ1n) is 48.7. The molecule has 30 rings (SSSR count). The Bertz CT molecular complexity index is 10300. The second-order valence-corrected chi connectivity index (χ2v) is 37.0. The Hall–Kier alpha value is -19.6. The van der Waals surface area contributed by atoms with E-state index in [9.17, 15) is 0 Å². The quantitative estimate of drug-likeness (QED) is 0.105. The van der Waals surface area contributed by atoms with Crippen LogP contribution in [0.4, 0.5) is 0 Å². The summed E-state index contributed by atoms with van der Waals surface area (Å²) in [5.41, 5.74) is 29.2. The summed E-state index contributed by atoms with van der Waals surface area (Å²) >= 11 is 0. The predicted molar refractivity (Wildman–Crippen MR) is 593 cm³/mol. The van der Waals surface area contributed by atoms with Crippen LogP contribution in [0.3, 0.4) is 0 Å². The van der Waals surface area contributed by atoms with Crippen LogP contribution in [0.15, 0.2) is 494 Å². The van der Waals surface area contributed by atoms with Crippen molar-refractivity contribution in [1.82, 2.24) is 48.2 Å². The van der Waals surface area contributed by atoms with Crippen molar-refractivity contribution < 1.29 is 8.83 Å². The van der Waals surface area contributed by atoms with Crippen molar-refractivity contribution in [2.75, 3.05) is 0 Å². The van der Waals surface area contributed by atoms with Gasteiger partial charge in [0.2, 0.25) is 0 Å². The molecular formula is C132H80N10O2. The molecule has 0 saturated carbocycles. The summed E-state index contributed by atoms with van der Waals surface area (Å²) in [5, 5.41) is 21.0. The standard InChI is InChI=1S/C69H41N5O.C63H39N5O/c1-4-17-42(18-5-1)67-70-68(43-19-6-2-7-20-43)72-69(71-67)45-31-34-51-49-23-10-11-24-50(49)52-35-33-47(41-59(52)58(51)40-45)73-61-29-14-13-26-54(61)60-39-44(32-38-63(60)73)48-27-16-28-56-57-37-36-55-53-25-12-15-30-62(53)74(46-21-8-3-9-22-46)64(55)66(57)75-65(48)56;1-4-15-42(16-5-1)61-64-62(43-17-6-2-7-18-43)66-63(65-61)44-29-27-40(28-30-44)41-31-34-47(35-32-41)67-55-25-12-11-22-50(55)54-39-45(33-38-57(54)67)48-23-14-24-52-53-37-36-51-49-21-10-13-26-56(49)68(46-19-8-3-9-20-46)58(51)60(53)69-59(48)52/h1-41H;1-39H. The van der Waals surface area contributed by atoms with Crippen molar-refractivity contribution in [2.24, 2.45) is 0 Å². The molecule has 0 aliphatic carbocycles. The lowest BCUT2D eigenvalue weighted by atomic mass is 9.93. The molecular weight excluding hydrogens is 1760 g/mol. The number of para-hydroxylation sites is 8. The van der Waals surface area contributed by atoms with Crippen LogP contribution in [-0.2, 0) is 0 Å². The fraction of sp³-hybridized carbons (Fsp3) is 0. The Labute approximate surface area is 824 Å². The first-order valence-corrected chi connectivity index (χ1v) is 48.7. The molecule has 0 aliphatic heterocycles. The summed E-state index contributed by atoms with van der Waals surface area (Å²) in [6, 6.07) is 172. The molecule has 30 aromatic rings. The molecule has 0 spiro atoms. The van der Waals surface area contributed by atoms with Crippen LogP contribution in [0.5, 0.6) is 0 Å². The maximum Gasteiger partial charge on any atom is 0.164 e. The van der Waals surface area contributed by atoms with Gasteiger partial charge in [-0.2, -0.15) is 0 Å². The molecule has 0 atom stereocenters. The van der Waals surface area contributed by atoms with Crippen LogP contribution >= 0.6 is 0 Å². The van der Waals surface area contributed by atoms with Crippen LogP contribution in [0.1, 0.15) is 0 Å². The van der Waals surface area contributed by atoms with E-state index in [1.54, 1.807) is 0 Å². The highest BCUT2D eigenvalue weighted by Gasteiger charge is 2.27. The van der Waals surface area contributed by atoms with E-state index in [4.69, 9.17) is 38.7 Å². The molecule has 0 amide bonds. The number of hydrogen-bond donors (Lipinski definition) is 0. The number of rotatable bonds is 13. The second kappa shape index (κ2) is 33.1. The average Bonchev–Trinajstić information content (AvgIpc) is 1.55. The lowest BCUT2D eigenvalue weighted by Crippen LogP contribution is -2.00. The van der Waals surface area contributed by atoms with E-state index in [0.29, 0.717) is 34.9 Å². The van der Waals surface area contributed by atoms with Crippen LogP contribution in [-0.4, -0.2) is 48.2 Å². The van der Waals surface area contributed by atoms with Gasteiger partial charge in [0, 0.05) is 132 Å². The minimum atomic E-state index is 0.627. The van der Waals surface area contributed by atoms with Gasteiger partial charge in [0.05, 0.1) is 44.1 Å². The highest BCUT2D eigenvalue weighted by Crippen LogP contribution is 2.49. The first-order chi connectivity index (χ1) is 71.4. The summed E-state index contributed by atoms with van der Waals surface area (Å²) in [5.74, 6) is 3.83.